The molecule has 0 bridgehead atoms. The van der Waals surface area contributed by atoms with Crippen molar-refractivity contribution in [1.29, 1.82) is 0 Å². The summed E-state index contributed by atoms with van der Waals surface area (Å²) in [5.41, 5.74) is 2.21. The number of esters is 1. The van der Waals surface area contributed by atoms with Gasteiger partial charge in [0.2, 0.25) is 5.91 Å². The summed E-state index contributed by atoms with van der Waals surface area (Å²) in [5, 5.41) is 3.07. The number of para-hydroxylation sites is 2. The normalized spacial score (nSPS) is 11.1. The Balaban J connectivity index is 1.40. The zero-order valence-electron chi connectivity index (χ0n) is 16.0. The SMILES string of the molecule is CC(=O)N(c1ccccc1)c1nc(/C=C/C(=O)OCc2nc3ccccc3s2)cs1. The minimum Gasteiger partial charge on any atom is -0.455 e. The van der Waals surface area contributed by atoms with Gasteiger partial charge >= 0.3 is 5.97 Å². The highest BCUT2D eigenvalue weighted by molar-refractivity contribution is 7.18. The minimum absolute atomic E-state index is 0.122. The number of amides is 1. The van der Waals surface area contributed by atoms with E-state index < -0.39 is 5.97 Å². The highest BCUT2D eigenvalue weighted by atomic mass is 32.1. The molecule has 1 amide bonds. The van der Waals surface area contributed by atoms with Crippen LogP contribution in [0.25, 0.3) is 16.3 Å². The molecule has 0 aliphatic carbocycles. The second-order valence-corrected chi connectivity index (χ2v) is 8.21. The summed E-state index contributed by atoms with van der Waals surface area (Å²) >= 11 is 2.83. The summed E-state index contributed by atoms with van der Waals surface area (Å²) in [4.78, 5) is 34.6. The lowest BCUT2D eigenvalue weighted by atomic mass is 10.3. The van der Waals surface area contributed by atoms with Gasteiger partial charge in [-0.15, -0.1) is 22.7 Å². The van der Waals surface area contributed by atoms with Gasteiger partial charge in [-0.1, -0.05) is 30.3 Å². The molecule has 0 aliphatic heterocycles. The fraction of sp³-hybridized carbons (Fsp3) is 0.0909. The molecular weight excluding hydrogens is 418 g/mol. The van der Waals surface area contributed by atoms with E-state index in [2.05, 4.69) is 9.97 Å². The van der Waals surface area contributed by atoms with Gasteiger partial charge in [-0.3, -0.25) is 9.69 Å². The van der Waals surface area contributed by atoms with Gasteiger partial charge in [0.05, 0.1) is 21.6 Å². The van der Waals surface area contributed by atoms with E-state index in [1.165, 1.54) is 40.6 Å². The molecule has 2 aromatic heterocycles. The van der Waals surface area contributed by atoms with E-state index in [0.29, 0.717) is 10.8 Å². The third kappa shape index (κ3) is 4.61. The van der Waals surface area contributed by atoms with Crippen molar-refractivity contribution in [2.75, 3.05) is 4.90 Å². The first kappa shape index (κ1) is 19.9. The molecule has 4 rings (SSSR count). The molecule has 0 N–H and O–H groups in total. The number of rotatable bonds is 6. The monoisotopic (exact) mass is 435 g/mol. The van der Waals surface area contributed by atoms with Crippen molar-refractivity contribution in [2.24, 2.45) is 0 Å². The Hall–Kier alpha value is -3.36. The molecule has 0 fully saturated rings. The first-order valence-corrected chi connectivity index (χ1v) is 10.8. The molecule has 0 unspecified atom stereocenters. The van der Waals surface area contributed by atoms with Crippen LogP contribution in [0.1, 0.15) is 17.6 Å². The fourth-order valence-electron chi connectivity index (χ4n) is 2.78. The first-order valence-electron chi connectivity index (χ1n) is 9.11. The topological polar surface area (TPSA) is 72.4 Å². The van der Waals surface area contributed by atoms with Crippen molar-refractivity contribution in [3.8, 4) is 0 Å². The average molecular weight is 436 g/mol. The summed E-state index contributed by atoms with van der Waals surface area (Å²) in [6.07, 6.45) is 2.90. The van der Waals surface area contributed by atoms with Gasteiger partial charge in [-0.2, -0.15) is 0 Å². The molecule has 2 aromatic carbocycles. The van der Waals surface area contributed by atoms with Gasteiger partial charge < -0.3 is 4.74 Å². The molecule has 30 heavy (non-hydrogen) atoms. The zero-order chi connectivity index (χ0) is 20.9. The zero-order valence-corrected chi connectivity index (χ0v) is 17.7. The molecule has 8 heteroatoms. The van der Waals surface area contributed by atoms with E-state index in [4.69, 9.17) is 4.74 Å². The largest absolute Gasteiger partial charge is 0.455 e. The number of fused-ring (bicyclic) bond motifs is 1. The summed E-state index contributed by atoms with van der Waals surface area (Å²) in [6, 6.07) is 17.1. The van der Waals surface area contributed by atoms with Gasteiger partial charge in [0, 0.05) is 18.4 Å². The van der Waals surface area contributed by atoms with Crippen LogP contribution >= 0.6 is 22.7 Å². The van der Waals surface area contributed by atoms with Crippen molar-refractivity contribution in [3.05, 3.63) is 76.8 Å². The predicted octanol–water partition coefficient (Wildman–Crippen LogP) is 5.19. The molecule has 0 spiro atoms. The van der Waals surface area contributed by atoms with E-state index in [0.717, 1.165) is 20.9 Å². The van der Waals surface area contributed by atoms with Crippen molar-refractivity contribution in [3.63, 3.8) is 0 Å². The Morgan fingerprint density at radius 1 is 1.07 bits per heavy atom. The Kier molecular flexibility index (Phi) is 5.97. The van der Waals surface area contributed by atoms with Gasteiger partial charge in [0.1, 0.15) is 11.6 Å². The molecule has 0 saturated carbocycles. The maximum atomic E-state index is 12.1. The van der Waals surface area contributed by atoms with Crippen LogP contribution in [-0.2, 0) is 20.9 Å². The van der Waals surface area contributed by atoms with Crippen LogP contribution < -0.4 is 4.90 Å². The van der Waals surface area contributed by atoms with Gasteiger partial charge in [-0.05, 0) is 30.3 Å². The summed E-state index contributed by atoms with van der Waals surface area (Å²) in [7, 11) is 0. The van der Waals surface area contributed by atoms with Gasteiger partial charge in [0.25, 0.3) is 0 Å². The lowest BCUT2D eigenvalue weighted by Gasteiger charge is -2.17. The Labute approximate surface area is 181 Å². The Morgan fingerprint density at radius 3 is 2.60 bits per heavy atom. The lowest BCUT2D eigenvalue weighted by molar-refractivity contribution is -0.138. The van der Waals surface area contributed by atoms with Gasteiger partial charge in [-0.25, -0.2) is 14.8 Å². The number of carbonyl (C=O) groups excluding carboxylic acids is 2. The molecule has 0 saturated heterocycles. The number of anilines is 2. The van der Waals surface area contributed by atoms with Crippen molar-refractivity contribution in [1.82, 2.24) is 9.97 Å². The van der Waals surface area contributed by atoms with Gasteiger partial charge in [0.15, 0.2) is 5.13 Å². The van der Waals surface area contributed by atoms with E-state index in [-0.39, 0.29) is 12.5 Å². The van der Waals surface area contributed by atoms with E-state index in [9.17, 15) is 9.59 Å². The van der Waals surface area contributed by atoms with E-state index in [1.54, 1.807) is 11.5 Å². The highest BCUT2D eigenvalue weighted by Gasteiger charge is 2.17. The van der Waals surface area contributed by atoms with E-state index >= 15 is 0 Å². The summed E-state index contributed by atoms with van der Waals surface area (Å²) in [6.45, 7) is 1.61. The molecule has 2 heterocycles. The highest BCUT2D eigenvalue weighted by Crippen LogP contribution is 2.29. The first-order chi connectivity index (χ1) is 14.6. The van der Waals surface area contributed by atoms with Crippen molar-refractivity contribution in [2.45, 2.75) is 13.5 Å². The fourth-order valence-corrected chi connectivity index (χ4v) is 4.51. The molecule has 150 valence electrons. The number of thiazole rings is 2. The number of nitrogens with zero attached hydrogens (tertiary/aromatic N) is 3. The maximum absolute atomic E-state index is 12.1. The van der Waals surface area contributed by atoms with Crippen LogP contribution in [0, 0.1) is 0 Å². The second-order valence-electron chi connectivity index (χ2n) is 6.26. The number of carbonyl (C=O) groups is 2. The summed E-state index contributed by atoms with van der Waals surface area (Å²) in [5.74, 6) is -0.614. The van der Waals surface area contributed by atoms with Crippen LogP contribution in [0.4, 0.5) is 10.8 Å². The molecule has 0 atom stereocenters. The minimum atomic E-state index is -0.477. The van der Waals surface area contributed by atoms with E-state index in [1.807, 2.05) is 54.6 Å². The smallest absolute Gasteiger partial charge is 0.331 e. The average Bonchev–Trinajstić information content (AvgIpc) is 3.38. The number of hydrogen-bond acceptors (Lipinski definition) is 7. The number of hydrogen-bond donors (Lipinski definition) is 0. The predicted molar refractivity (Wildman–Crippen MR) is 120 cm³/mol. The Bertz CT molecular complexity index is 1180. The third-order valence-electron chi connectivity index (χ3n) is 4.10. The van der Waals surface area contributed by atoms with Crippen molar-refractivity contribution >= 4 is 61.7 Å². The van der Waals surface area contributed by atoms with Crippen molar-refractivity contribution < 1.29 is 14.3 Å². The lowest BCUT2D eigenvalue weighted by Crippen LogP contribution is -2.22. The maximum Gasteiger partial charge on any atom is 0.331 e. The molecule has 4 aromatic rings. The van der Waals surface area contributed by atoms with Crippen LogP contribution in [0.3, 0.4) is 0 Å². The molecule has 0 aliphatic rings. The number of benzene rings is 2. The third-order valence-corrected chi connectivity index (χ3v) is 5.95. The second kappa shape index (κ2) is 8.98. The van der Waals surface area contributed by atoms with Crippen LogP contribution in [0.2, 0.25) is 0 Å². The van der Waals surface area contributed by atoms with Crippen LogP contribution in [0.15, 0.2) is 66.1 Å². The number of aromatic nitrogens is 2. The standard InChI is InChI=1S/C22H17N3O3S2/c1-15(26)25(17-7-3-2-4-8-17)22-23-16(14-29-22)11-12-21(27)28-13-20-24-18-9-5-6-10-19(18)30-20/h2-12,14H,13H2,1H3/b12-11+. The summed E-state index contributed by atoms with van der Waals surface area (Å²) < 4.78 is 6.33. The molecule has 6 nitrogen and oxygen atoms in total. The molecular formula is C22H17N3O3S2. The number of ether oxygens (including phenoxy) is 1. The van der Waals surface area contributed by atoms with Crippen LogP contribution in [0.5, 0.6) is 0 Å². The Morgan fingerprint density at radius 2 is 1.83 bits per heavy atom. The molecule has 0 radical (unpaired) electrons. The quantitative estimate of drug-likeness (QED) is 0.308. The van der Waals surface area contributed by atoms with Crippen LogP contribution in [-0.4, -0.2) is 21.8 Å².